The van der Waals surface area contributed by atoms with Crippen LogP contribution in [0.1, 0.15) is 35.6 Å². The number of carbonyl (C=O) groups excluding carboxylic acids is 4. The van der Waals surface area contributed by atoms with Gasteiger partial charge in [0.1, 0.15) is 11.8 Å². The van der Waals surface area contributed by atoms with E-state index >= 15 is 0 Å². The van der Waals surface area contributed by atoms with Crippen LogP contribution in [0.2, 0.25) is 0 Å². The van der Waals surface area contributed by atoms with Gasteiger partial charge in [-0.05, 0) is 37.0 Å². The Hall–Kier alpha value is -3.32. The average Bonchev–Trinajstić information content (AvgIpc) is 3.31. The number of primary amides is 1. The van der Waals surface area contributed by atoms with Gasteiger partial charge in [0.05, 0.1) is 18.1 Å². The molecule has 3 N–H and O–H groups in total. The molecule has 0 aliphatic carbocycles. The van der Waals surface area contributed by atoms with Crippen molar-refractivity contribution in [3.63, 3.8) is 0 Å². The first-order valence-electron chi connectivity index (χ1n) is 11.4. The van der Waals surface area contributed by atoms with Gasteiger partial charge in [0.25, 0.3) is 5.91 Å². The summed E-state index contributed by atoms with van der Waals surface area (Å²) in [6.07, 6.45) is 2.87. The van der Waals surface area contributed by atoms with Gasteiger partial charge < -0.3 is 20.5 Å². The van der Waals surface area contributed by atoms with E-state index in [1.54, 1.807) is 11.0 Å². The van der Waals surface area contributed by atoms with E-state index in [9.17, 15) is 29.1 Å². The van der Waals surface area contributed by atoms with Crippen LogP contribution in [0.25, 0.3) is 0 Å². The molecule has 3 unspecified atom stereocenters. The van der Waals surface area contributed by atoms with E-state index in [0.29, 0.717) is 33.5 Å². The van der Waals surface area contributed by atoms with Crippen LogP contribution in [0.5, 0.6) is 11.5 Å². The molecule has 5 rings (SSSR count). The molecule has 0 spiro atoms. The van der Waals surface area contributed by atoms with E-state index in [1.165, 1.54) is 23.8 Å². The molecule has 2 saturated heterocycles. The largest absolute Gasteiger partial charge is 0.504 e. The SMILES string of the molecule is COc1cc(C2c3sc(=O)n(CC(=O)N4CCCCC4)c3SC3C(=O)N(C(N)=O)C(=O)C32)ccc1O. The minimum absolute atomic E-state index is 0.117. The lowest BCUT2D eigenvalue weighted by molar-refractivity contribution is -0.136. The van der Waals surface area contributed by atoms with Gasteiger partial charge in [-0.2, -0.15) is 4.90 Å². The number of carbonyl (C=O) groups is 4. The standard InChI is InChI=1S/C23H24N4O7S2/c1-34-13-9-11(5-6-12(13)28)15-16-17(20(31)27(19(16)30)22(24)32)35-21-18(15)36-23(33)26(21)10-14(29)25-7-3-2-4-8-25/h5-6,9,15-17,28H,2-4,7-8,10H2,1H3,(H2,24,32). The number of phenols is 1. The fourth-order valence-corrected chi connectivity index (χ4v) is 7.87. The highest BCUT2D eigenvalue weighted by molar-refractivity contribution is 8.00. The van der Waals surface area contributed by atoms with Crippen molar-refractivity contribution < 1.29 is 29.0 Å². The summed E-state index contributed by atoms with van der Waals surface area (Å²) in [6, 6.07) is 3.35. The number of imide groups is 3. The summed E-state index contributed by atoms with van der Waals surface area (Å²) in [6.45, 7) is 1.09. The van der Waals surface area contributed by atoms with E-state index in [2.05, 4.69) is 0 Å². The number of thiazole rings is 1. The van der Waals surface area contributed by atoms with Crippen molar-refractivity contribution in [1.29, 1.82) is 0 Å². The Kier molecular flexibility index (Phi) is 6.29. The number of fused-ring (bicyclic) bond motifs is 2. The predicted molar refractivity (Wildman–Crippen MR) is 130 cm³/mol. The predicted octanol–water partition coefficient (Wildman–Crippen LogP) is 1.31. The molecule has 190 valence electrons. The number of nitrogens with two attached hydrogens (primary N) is 1. The van der Waals surface area contributed by atoms with E-state index in [0.717, 1.165) is 42.4 Å². The second kappa shape index (κ2) is 9.28. The molecule has 1 aromatic carbocycles. The Morgan fingerprint density at radius 3 is 2.53 bits per heavy atom. The number of hydrogen-bond acceptors (Lipinski definition) is 9. The Balaban J connectivity index is 1.62. The van der Waals surface area contributed by atoms with Gasteiger partial charge in [0.15, 0.2) is 11.5 Å². The van der Waals surface area contributed by atoms with Crippen molar-refractivity contribution in [3.05, 3.63) is 38.3 Å². The minimum atomic E-state index is -1.16. The fraction of sp³-hybridized carbons (Fsp3) is 0.435. The van der Waals surface area contributed by atoms with Crippen LogP contribution in [0.15, 0.2) is 28.0 Å². The summed E-state index contributed by atoms with van der Waals surface area (Å²) in [5.74, 6) is -3.43. The monoisotopic (exact) mass is 532 g/mol. The molecule has 36 heavy (non-hydrogen) atoms. The molecule has 3 atom stereocenters. The maximum Gasteiger partial charge on any atom is 0.328 e. The molecule has 3 aliphatic heterocycles. The van der Waals surface area contributed by atoms with Crippen molar-refractivity contribution in [2.24, 2.45) is 11.7 Å². The van der Waals surface area contributed by atoms with Crippen LogP contribution in [-0.2, 0) is 20.9 Å². The van der Waals surface area contributed by atoms with Crippen LogP contribution >= 0.6 is 23.1 Å². The number of amides is 5. The van der Waals surface area contributed by atoms with Gasteiger partial charge in [-0.3, -0.25) is 23.7 Å². The van der Waals surface area contributed by atoms with Gasteiger partial charge in [-0.1, -0.05) is 29.2 Å². The lowest BCUT2D eigenvalue weighted by Crippen LogP contribution is -2.41. The highest BCUT2D eigenvalue weighted by Gasteiger charge is 2.58. The average molecular weight is 533 g/mol. The molecule has 5 amide bonds. The number of ether oxygens (including phenoxy) is 1. The highest BCUT2D eigenvalue weighted by Crippen LogP contribution is 2.53. The summed E-state index contributed by atoms with van der Waals surface area (Å²) in [5, 5.41) is 9.49. The molecular formula is C23H24N4O7S2. The molecule has 11 nitrogen and oxygen atoms in total. The third-order valence-corrected chi connectivity index (χ3v) is 9.44. The summed E-state index contributed by atoms with van der Waals surface area (Å²) < 4.78 is 6.58. The number of methoxy groups -OCH3 is 1. The number of aromatic hydroxyl groups is 1. The van der Waals surface area contributed by atoms with Gasteiger partial charge in [0, 0.05) is 23.9 Å². The van der Waals surface area contributed by atoms with Gasteiger partial charge in [0.2, 0.25) is 11.8 Å². The number of aromatic nitrogens is 1. The second-order valence-electron chi connectivity index (χ2n) is 8.89. The Morgan fingerprint density at radius 2 is 1.86 bits per heavy atom. The maximum atomic E-state index is 13.3. The lowest BCUT2D eigenvalue weighted by atomic mass is 9.83. The summed E-state index contributed by atoms with van der Waals surface area (Å²) in [7, 11) is 1.38. The fourth-order valence-electron chi connectivity index (χ4n) is 5.10. The number of benzene rings is 1. The van der Waals surface area contributed by atoms with Crippen LogP contribution in [0.3, 0.4) is 0 Å². The first-order valence-corrected chi connectivity index (χ1v) is 13.1. The van der Waals surface area contributed by atoms with Crippen molar-refractivity contribution in [2.75, 3.05) is 20.2 Å². The van der Waals surface area contributed by atoms with Crippen molar-refractivity contribution in [2.45, 2.75) is 42.0 Å². The molecule has 0 radical (unpaired) electrons. The third-order valence-electron chi connectivity index (χ3n) is 6.83. The number of nitrogens with zero attached hydrogens (tertiary/aromatic N) is 3. The lowest BCUT2D eigenvalue weighted by Gasteiger charge is -2.31. The summed E-state index contributed by atoms with van der Waals surface area (Å²) in [5.41, 5.74) is 5.86. The van der Waals surface area contributed by atoms with Gasteiger partial charge in [-0.15, -0.1) is 0 Å². The molecule has 4 heterocycles. The normalized spacial score (nSPS) is 23.4. The maximum absolute atomic E-state index is 13.3. The Bertz CT molecular complexity index is 1330. The number of hydrogen-bond donors (Lipinski definition) is 2. The van der Waals surface area contributed by atoms with Crippen LogP contribution in [0, 0.1) is 5.92 Å². The van der Waals surface area contributed by atoms with E-state index in [4.69, 9.17) is 10.5 Å². The number of urea groups is 1. The molecule has 2 aromatic rings. The van der Waals surface area contributed by atoms with Crippen LogP contribution < -0.4 is 15.3 Å². The van der Waals surface area contributed by atoms with Gasteiger partial charge in [-0.25, -0.2) is 4.79 Å². The minimum Gasteiger partial charge on any atom is -0.504 e. The highest BCUT2D eigenvalue weighted by atomic mass is 32.2. The van der Waals surface area contributed by atoms with Crippen molar-refractivity contribution in [3.8, 4) is 11.5 Å². The molecule has 0 saturated carbocycles. The molecule has 0 bridgehead atoms. The van der Waals surface area contributed by atoms with Crippen molar-refractivity contribution >= 4 is 46.9 Å². The van der Waals surface area contributed by atoms with E-state index < -0.39 is 34.9 Å². The third kappa shape index (κ3) is 3.86. The number of rotatable bonds is 4. The first kappa shape index (κ1) is 24.4. The van der Waals surface area contributed by atoms with E-state index in [-0.39, 0.29) is 28.8 Å². The Labute approximate surface area is 213 Å². The molecule has 13 heteroatoms. The number of phenolic OH excluding ortho intramolecular Hbond substituents is 1. The molecule has 1 aromatic heterocycles. The van der Waals surface area contributed by atoms with Crippen LogP contribution in [-0.4, -0.2) is 68.7 Å². The summed E-state index contributed by atoms with van der Waals surface area (Å²) >= 11 is 1.91. The van der Waals surface area contributed by atoms with Crippen LogP contribution in [0.4, 0.5) is 4.79 Å². The first-order chi connectivity index (χ1) is 17.2. The smallest absolute Gasteiger partial charge is 0.328 e. The zero-order chi connectivity index (χ0) is 25.7. The van der Waals surface area contributed by atoms with Crippen molar-refractivity contribution in [1.82, 2.24) is 14.4 Å². The van der Waals surface area contributed by atoms with Gasteiger partial charge >= 0.3 is 10.9 Å². The molecular weight excluding hydrogens is 508 g/mol. The zero-order valence-corrected chi connectivity index (χ0v) is 21.0. The topological polar surface area (TPSA) is 152 Å². The Morgan fingerprint density at radius 1 is 1.14 bits per heavy atom. The molecule has 3 aliphatic rings. The number of thioether (sulfide) groups is 1. The van der Waals surface area contributed by atoms with E-state index in [1.807, 2.05) is 0 Å². The molecule has 2 fully saturated rings. The quantitative estimate of drug-likeness (QED) is 0.559. The summed E-state index contributed by atoms with van der Waals surface area (Å²) in [4.78, 5) is 66.7. The second-order valence-corrected chi connectivity index (χ2v) is 11.0. The number of likely N-dealkylation sites (tertiary alicyclic amines) is 2. The zero-order valence-electron chi connectivity index (χ0n) is 19.3. The number of piperidine rings is 1.